The maximum Gasteiger partial charge on any atom is 0.292 e. The predicted octanol–water partition coefficient (Wildman–Crippen LogP) is 3.08. The van der Waals surface area contributed by atoms with Crippen molar-refractivity contribution >= 4 is 28.3 Å². The van der Waals surface area contributed by atoms with E-state index in [0.29, 0.717) is 22.5 Å². The summed E-state index contributed by atoms with van der Waals surface area (Å²) in [7, 11) is 0. The molecule has 1 aliphatic rings. The van der Waals surface area contributed by atoms with Crippen LogP contribution in [0.2, 0.25) is 0 Å². The molecule has 34 heavy (non-hydrogen) atoms. The minimum absolute atomic E-state index is 0.201. The third kappa shape index (κ3) is 4.08. The zero-order valence-corrected chi connectivity index (χ0v) is 18.6. The van der Waals surface area contributed by atoms with Gasteiger partial charge in [-0.25, -0.2) is 9.78 Å². The monoisotopic (exact) mass is 455 g/mol. The van der Waals surface area contributed by atoms with Crippen molar-refractivity contribution in [3.8, 4) is 16.9 Å². The number of carbonyl (C=O) groups is 1. The van der Waals surface area contributed by atoms with Gasteiger partial charge in [0.15, 0.2) is 11.3 Å². The van der Waals surface area contributed by atoms with Crippen molar-refractivity contribution < 1.29 is 4.79 Å². The molecule has 9 nitrogen and oxygen atoms in total. The second-order valence-electron chi connectivity index (χ2n) is 8.34. The van der Waals surface area contributed by atoms with Crippen LogP contribution < -0.4 is 16.6 Å². The van der Waals surface area contributed by atoms with Gasteiger partial charge in [-0.2, -0.15) is 10.2 Å². The zero-order chi connectivity index (χ0) is 23.7. The molecule has 172 valence electrons. The molecule has 3 heterocycles. The van der Waals surface area contributed by atoms with E-state index in [4.69, 9.17) is 5.73 Å². The van der Waals surface area contributed by atoms with Crippen LogP contribution in [0.3, 0.4) is 0 Å². The van der Waals surface area contributed by atoms with E-state index in [0.717, 1.165) is 25.2 Å². The second-order valence-corrected chi connectivity index (χ2v) is 8.34. The van der Waals surface area contributed by atoms with Gasteiger partial charge in [0.05, 0.1) is 16.8 Å². The van der Waals surface area contributed by atoms with E-state index < -0.39 is 5.56 Å². The zero-order valence-electron chi connectivity index (χ0n) is 18.6. The van der Waals surface area contributed by atoms with Gasteiger partial charge < -0.3 is 11.1 Å². The topological polar surface area (TPSA) is 122 Å². The Morgan fingerprint density at radius 2 is 1.82 bits per heavy atom. The summed E-state index contributed by atoms with van der Waals surface area (Å²) in [5, 5.41) is 14.2. The summed E-state index contributed by atoms with van der Waals surface area (Å²) in [6.07, 6.45) is 3.71. The molecule has 2 aromatic heterocycles. The molecule has 4 aromatic rings. The highest BCUT2D eigenvalue weighted by Gasteiger charge is 2.20. The number of nitrogens with one attached hydrogen (secondary N) is 2. The lowest BCUT2D eigenvalue weighted by molar-refractivity contribution is -0.111. The minimum Gasteiger partial charge on any atom is -0.382 e. The van der Waals surface area contributed by atoms with E-state index in [2.05, 4.69) is 44.2 Å². The largest absolute Gasteiger partial charge is 0.382 e. The Kier molecular flexibility index (Phi) is 5.69. The number of nitrogens with zero attached hydrogens (tertiary/aromatic N) is 4. The van der Waals surface area contributed by atoms with Crippen molar-refractivity contribution in [2.75, 3.05) is 24.1 Å². The molecule has 1 aliphatic heterocycles. The number of amides is 1. The number of hydrogen-bond donors (Lipinski definition) is 3. The first-order chi connectivity index (χ1) is 16.5. The first kappa shape index (κ1) is 21.6. The van der Waals surface area contributed by atoms with E-state index >= 15 is 0 Å². The number of aromatic amines is 1. The molecule has 0 aliphatic carbocycles. The van der Waals surface area contributed by atoms with Crippen LogP contribution in [0.1, 0.15) is 18.4 Å². The number of nitrogens with two attached hydrogens (primary N) is 1. The van der Waals surface area contributed by atoms with Crippen LogP contribution in [-0.2, 0) is 11.3 Å². The maximum atomic E-state index is 12.5. The molecule has 1 fully saturated rings. The summed E-state index contributed by atoms with van der Waals surface area (Å²) in [6.45, 7) is 6.65. The molecule has 0 atom stereocenters. The molecule has 9 heteroatoms. The molecule has 5 rings (SSSR count). The normalized spacial score (nSPS) is 13.9. The fourth-order valence-corrected chi connectivity index (χ4v) is 4.34. The van der Waals surface area contributed by atoms with Crippen molar-refractivity contribution in [1.29, 1.82) is 0 Å². The number of nitrogen functional groups attached to an aromatic ring is 1. The fourth-order valence-electron chi connectivity index (χ4n) is 4.34. The van der Waals surface area contributed by atoms with Gasteiger partial charge in [-0.3, -0.25) is 14.5 Å². The van der Waals surface area contributed by atoms with E-state index in [-0.39, 0.29) is 17.2 Å². The third-order valence-corrected chi connectivity index (χ3v) is 6.03. The first-order valence-corrected chi connectivity index (χ1v) is 11.2. The summed E-state index contributed by atoms with van der Waals surface area (Å²) >= 11 is 0. The minimum atomic E-state index is -0.412. The predicted molar refractivity (Wildman–Crippen MR) is 133 cm³/mol. The summed E-state index contributed by atoms with van der Waals surface area (Å²) < 4.78 is 1.69. The number of benzene rings is 2. The highest BCUT2D eigenvalue weighted by Crippen LogP contribution is 2.33. The highest BCUT2D eigenvalue weighted by molar-refractivity contribution is 6.00. The smallest absolute Gasteiger partial charge is 0.292 e. The van der Waals surface area contributed by atoms with E-state index in [1.54, 1.807) is 16.8 Å². The summed E-state index contributed by atoms with van der Waals surface area (Å²) in [6, 6.07) is 15.4. The first-order valence-electron chi connectivity index (χ1n) is 11.2. The van der Waals surface area contributed by atoms with E-state index in [9.17, 15) is 9.59 Å². The number of anilines is 2. The quantitative estimate of drug-likeness (QED) is 0.384. The SMILES string of the molecule is C=CC(=O)Nc1ccc(-n2nc3c(=O)[nH]nc(N)c3c2-c2ccc(CN3CCCC3)cc2)cc1. The lowest BCUT2D eigenvalue weighted by atomic mass is 10.1. The number of fused-ring (bicyclic) bond motifs is 1. The number of hydrogen-bond acceptors (Lipinski definition) is 6. The number of H-pyrrole nitrogens is 1. The molecule has 0 saturated carbocycles. The van der Waals surface area contributed by atoms with Gasteiger partial charge >= 0.3 is 0 Å². The Morgan fingerprint density at radius 3 is 2.50 bits per heavy atom. The molecule has 2 aromatic carbocycles. The van der Waals surface area contributed by atoms with Gasteiger partial charge in [0.1, 0.15) is 0 Å². The Balaban J connectivity index is 1.58. The van der Waals surface area contributed by atoms with Crippen molar-refractivity contribution in [1.82, 2.24) is 24.9 Å². The molecule has 1 saturated heterocycles. The number of carbonyl (C=O) groups excluding carboxylic acids is 1. The molecule has 4 N–H and O–H groups in total. The average molecular weight is 456 g/mol. The van der Waals surface area contributed by atoms with Crippen molar-refractivity contribution in [3.63, 3.8) is 0 Å². The average Bonchev–Trinajstić information content (AvgIpc) is 3.51. The maximum absolute atomic E-state index is 12.5. The molecule has 1 amide bonds. The van der Waals surface area contributed by atoms with Crippen molar-refractivity contribution in [2.45, 2.75) is 19.4 Å². The Hall–Kier alpha value is -4.24. The molecule has 0 spiro atoms. The molecular weight excluding hydrogens is 430 g/mol. The Labute approximate surface area is 195 Å². The van der Waals surface area contributed by atoms with Gasteiger partial charge in [-0.15, -0.1) is 0 Å². The molecular formula is C25H25N7O2. The highest BCUT2D eigenvalue weighted by atomic mass is 16.1. The lowest BCUT2D eigenvalue weighted by Gasteiger charge is -2.15. The fraction of sp³-hybridized carbons (Fsp3) is 0.200. The standard InChI is InChI=1S/C25H25N7O2/c1-2-20(33)27-18-9-11-19(12-10-18)32-23(21-22(30-32)25(34)29-28-24(21)26)17-7-5-16(6-8-17)15-31-13-3-4-14-31/h2,5-12H,1,3-4,13-15H2,(H2,26,28)(H,27,33)(H,29,34). The van der Waals surface area contributed by atoms with E-state index in [1.807, 2.05) is 24.3 Å². The molecule has 0 radical (unpaired) electrons. The molecule has 0 unspecified atom stereocenters. The van der Waals surface area contributed by atoms with Gasteiger partial charge in [0, 0.05) is 17.8 Å². The second kappa shape index (κ2) is 8.95. The van der Waals surface area contributed by atoms with Crippen LogP contribution in [0, 0.1) is 0 Å². The van der Waals surface area contributed by atoms with Gasteiger partial charge in [-0.1, -0.05) is 30.8 Å². The Bertz CT molecular complexity index is 1410. The lowest BCUT2D eigenvalue weighted by Crippen LogP contribution is -2.18. The number of aromatic nitrogens is 4. The number of rotatable bonds is 6. The molecule has 0 bridgehead atoms. The number of likely N-dealkylation sites (tertiary alicyclic amines) is 1. The van der Waals surface area contributed by atoms with Crippen LogP contribution in [0.15, 0.2) is 66.0 Å². The summed E-state index contributed by atoms with van der Waals surface area (Å²) in [5.74, 6) is -0.0930. The third-order valence-electron chi connectivity index (χ3n) is 6.03. The van der Waals surface area contributed by atoms with Crippen LogP contribution in [0.4, 0.5) is 11.5 Å². The summed E-state index contributed by atoms with van der Waals surface area (Å²) in [5.41, 5.74) is 10.1. The summed E-state index contributed by atoms with van der Waals surface area (Å²) in [4.78, 5) is 26.5. The van der Waals surface area contributed by atoms with Crippen molar-refractivity contribution in [3.05, 3.63) is 77.1 Å². The Morgan fingerprint density at radius 1 is 1.12 bits per heavy atom. The van der Waals surface area contributed by atoms with Crippen LogP contribution in [0.5, 0.6) is 0 Å². The van der Waals surface area contributed by atoms with Crippen LogP contribution in [-0.4, -0.2) is 43.9 Å². The van der Waals surface area contributed by atoms with Gasteiger partial charge in [0.25, 0.3) is 5.56 Å². The van der Waals surface area contributed by atoms with Crippen LogP contribution >= 0.6 is 0 Å². The van der Waals surface area contributed by atoms with Crippen LogP contribution in [0.25, 0.3) is 27.8 Å². The van der Waals surface area contributed by atoms with Crippen molar-refractivity contribution in [2.24, 2.45) is 0 Å². The van der Waals surface area contributed by atoms with Gasteiger partial charge in [-0.05, 0) is 61.8 Å². The van der Waals surface area contributed by atoms with E-state index in [1.165, 1.54) is 24.5 Å². The van der Waals surface area contributed by atoms with Gasteiger partial charge in [0.2, 0.25) is 5.91 Å².